The second-order valence-corrected chi connectivity index (χ2v) is 3.71. The third-order valence-electron chi connectivity index (χ3n) is 2.64. The second kappa shape index (κ2) is 4.35. The number of hydrogen-bond donors (Lipinski definition) is 0. The smallest absolute Gasteiger partial charge is 0.355 e. The highest BCUT2D eigenvalue weighted by atomic mass is 16.5. The molecule has 4 nitrogen and oxygen atoms in total. The number of hydrogen-bond acceptors (Lipinski definition) is 3. The van der Waals surface area contributed by atoms with Gasteiger partial charge in [0, 0.05) is 24.4 Å². The average Bonchev–Trinajstić information content (AvgIpc) is 2.77. The van der Waals surface area contributed by atoms with E-state index in [0.717, 1.165) is 18.5 Å². The van der Waals surface area contributed by atoms with Gasteiger partial charge in [0.2, 0.25) is 0 Å². The number of carbonyl (C=O) groups is 2. The van der Waals surface area contributed by atoms with Crippen LogP contribution in [0.15, 0.2) is 24.4 Å². The van der Waals surface area contributed by atoms with Gasteiger partial charge in [-0.25, -0.2) is 4.79 Å². The average molecular weight is 219 g/mol. The van der Waals surface area contributed by atoms with Crippen LogP contribution in [0.1, 0.15) is 29.8 Å². The summed E-state index contributed by atoms with van der Waals surface area (Å²) in [6.07, 6.45) is 5.62. The third kappa shape index (κ3) is 1.91. The second-order valence-electron chi connectivity index (χ2n) is 3.71. The van der Waals surface area contributed by atoms with Gasteiger partial charge in [0.25, 0.3) is 0 Å². The Hall–Kier alpha value is -1.84. The highest BCUT2D eigenvalue weighted by molar-refractivity contribution is 5.97. The van der Waals surface area contributed by atoms with E-state index in [-0.39, 0.29) is 11.8 Å². The Bertz CT molecular complexity index is 457. The van der Waals surface area contributed by atoms with Crippen LogP contribution in [-0.2, 0) is 9.53 Å². The molecule has 0 aromatic carbocycles. The van der Waals surface area contributed by atoms with Crippen molar-refractivity contribution in [2.24, 2.45) is 0 Å². The highest BCUT2D eigenvalue weighted by Gasteiger charge is 2.17. The first kappa shape index (κ1) is 10.7. The number of allylic oxidation sites excluding steroid dienone is 2. The molecule has 0 radical (unpaired) electrons. The SMILES string of the molecule is COC(=O)c1cccn1C1=CC(=O)CCC1. The lowest BCUT2D eigenvalue weighted by molar-refractivity contribution is -0.114. The molecule has 0 bridgehead atoms. The van der Waals surface area contributed by atoms with Gasteiger partial charge in [-0.05, 0) is 25.0 Å². The Kier molecular flexibility index (Phi) is 2.90. The molecule has 0 amide bonds. The van der Waals surface area contributed by atoms with E-state index in [4.69, 9.17) is 0 Å². The maximum atomic E-state index is 11.5. The number of aromatic nitrogens is 1. The molecule has 4 heteroatoms. The molecule has 2 rings (SSSR count). The fraction of sp³-hybridized carbons (Fsp3) is 0.333. The van der Waals surface area contributed by atoms with Crippen LogP contribution in [0.5, 0.6) is 0 Å². The van der Waals surface area contributed by atoms with Crippen LogP contribution in [0.2, 0.25) is 0 Å². The van der Waals surface area contributed by atoms with E-state index in [1.165, 1.54) is 7.11 Å². The lowest BCUT2D eigenvalue weighted by Crippen LogP contribution is -2.13. The molecule has 1 aromatic rings. The standard InChI is InChI=1S/C12H13NO3/c1-16-12(15)11-6-3-7-13(11)9-4-2-5-10(14)8-9/h3,6-8H,2,4-5H2,1H3. The van der Waals surface area contributed by atoms with Gasteiger partial charge in [-0.3, -0.25) is 4.79 Å². The first-order valence-electron chi connectivity index (χ1n) is 5.22. The van der Waals surface area contributed by atoms with Crippen LogP contribution in [0.4, 0.5) is 0 Å². The van der Waals surface area contributed by atoms with E-state index in [9.17, 15) is 9.59 Å². The van der Waals surface area contributed by atoms with E-state index in [1.807, 2.05) is 0 Å². The van der Waals surface area contributed by atoms with Gasteiger partial charge < -0.3 is 9.30 Å². The van der Waals surface area contributed by atoms with Gasteiger partial charge in [0.1, 0.15) is 5.69 Å². The van der Waals surface area contributed by atoms with E-state index in [2.05, 4.69) is 4.74 Å². The zero-order valence-electron chi connectivity index (χ0n) is 9.10. The lowest BCUT2D eigenvalue weighted by atomic mass is 10.0. The van der Waals surface area contributed by atoms with Crippen molar-refractivity contribution in [3.05, 3.63) is 30.1 Å². The number of nitrogens with zero attached hydrogens (tertiary/aromatic N) is 1. The van der Waals surface area contributed by atoms with Crippen molar-refractivity contribution in [1.29, 1.82) is 0 Å². The van der Waals surface area contributed by atoms with E-state index < -0.39 is 0 Å². The van der Waals surface area contributed by atoms with Gasteiger partial charge in [0.05, 0.1) is 7.11 Å². The number of ketones is 1. The molecule has 1 aliphatic rings. The summed E-state index contributed by atoms with van der Waals surface area (Å²) in [5.41, 5.74) is 1.32. The first-order valence-corrected chi connectivity index (χ1v) is 5.22. The largest absolute Gasteiger partial charge is 0.464 e. The molecule has 0 unspecified atom stereocenters. The number of rotatable bonds is 2. The summed E-state index contributed by atoms with van der Waals surface area (Å²) in [7, 11) is 1.35. The van der Waals surface area contributed by atoms with Crippen LogP contribution < -0.4 is 0 Å². The maximum absolute atomic E-state index is 11.5. The van der Waals surface area contributed by atoms with Crippen LogP contribution in [-0.4, -0.2) is 23.4 Å². The lowest BCUT2D eigenvalue weighted by Gasteiger charge is -2.15. The fourth-order valence-corrected chi connectivity index (χ4v) is 1.87. The summed E-state index contributed by atoms with van der Waals surface area (Å²) in [5.74, 6) is -0.269. The predicted octanol–water partition coefficient (Wildman–Crippen LogP) is 1.87. The number of ether oxygens (including phenoxy) is 1. The van der Waals surface area contributed by atoms with Gasteiger partial charge in [-0.1, -0.05) is 0 Å². The van der Waals surface area contributed by atoms with Crippen LogP contribution in [0.25, 0.3) is 5.70 Å². The van der Waals surface area contributed by atoms with Crippen molar-refractivity contribution < 1.29 is 14.3 Å². The molecule has 0 fully saturated rings. The number of esters is 1. The van der Waals surface area contributed by atoms with Crippen molar-refractivity contribution >= 4 is 17.4 Å². The molecular formula is C12H13NO3. The highest BCUT2D eigenvalue weighted by Crippen LogP contribution is 2.22. The van der Waals surface area contributed by atoms with Gasteiger partial charge >= 0.3 is 5.97 Å². The molecule has 0 atom stereocenters. The Morgan fingerprint density at radius 2 is 2.25 bits per heavy atom. The Balaban J connectivity index is 2.37. The van der Waals surface area contributed by atoms with Crippen LogP contribution in [0.3, 0.4) is 0 Å². The van der Waals surface area contributed by atoms with E-state index in [1.54, 1.807) is 29.0 Å². The zero-order chi connectivity index (χ0) is 11.5. The van der Waals surface area contributed by atoms with Gasteiger partial charge in [-0.15, -0.1) is 0 Å². The van der Waals surface area contributed by atoms with Crippen LogP contribution >= 0.6 is 0 Å². The summed E-state index contributed by atoms with van der Waals surface area (Å²) >= 11 is 0. The maximum Gasteiger partial charge on any atom is 0.355 e. The summed E-state index contributed by atoms with van der Waals surface area (Å²) in [6.45, 7) is 0. The fourth-order valence-electron chi connectivity index (χ4n) is 1.87. The molecule has 0 aliphatic heterocycles. The predicted molar refractivity (Wildman–Crippen MR) is 58.9 cm³/mol. The van der Waals surface area contributed by atoms with Crippen molar-refractivity contribution in [2.45, 2.75) is 19.3 Å². The monoisotopic (exact) mass is 219 g/mol. The minimum absolute atomic E-state index is 0.116. The molecule has 0 spiro atoms. The Morgan fingerprint density at radius 1 is 1.44 bits per heavy atom. The van der Waals surface area contributed by atoms with Crippen molar-refractivity contribution in [3.63, 3.8) is 0 Å². The minimum atomic E-state index is -0.385. The third-order valence-corrected chi connectivity index (χ3v) is 2.64. The van der Waals surface area contributed by atoms with Crippen molar-refractivity contribution in [3.8, 4) is 0 Å². The molecule has 0 saturated carbocycles. The Morgan fingerprint density at radius 3 is 2.94 bits per heavy atom. The van der Waals surface area contributed by atoms with E-state index >= 15 is 0 Å². The number of methoxy groups -OCH3 is 1. The molecule has 1 heterocycles. The van der Waals surface area contributed by atoms with E-state index in [0.29, 0.717) is 12.1 Å². The summed E-state index contributed by atoms with van der Waals surface area (Å²) in [6, 6.07) is 3.46. The molecule has 1 aromatic heterocycles. The summed E-state index contributed by atoms with van der Waals surface area (Å²) < 4.78 is 6.41. The quantitative estimate of drug-likeness (QED) is 0.713. The number of carbonyl (C=O) groups excluding carboxylic acids is 2. The van der Waals surface area contributed by atoms with Gasteiger partial charge in [-0.2, -0.15) is 0 Å². The zero-order valence-corrected chi connectivity index (χ0v) is 9.10. The van der Waals surface area contributed by atoms with Crippen molar-refractivity contribution in [1.82, 2.24) is 4.57 Å². The molecule has 84 valence electrons. The molecule has 1 aliphatic carbocycles. The Labute approximate surface area is 93.5 Å². The normalized spacial score (nSPS) is 15.8. The summed E-state index contributed by atoms with van der Waals surface area (Å²) in [5, 5.41) is 0. The summed E-state index contributed by atoms with van der Waals surface area (Å²) in [4.78, 5) is 22.8. The molecule has 0 saturated heterocycles. The van der Waals surface area contributed by atoms with Crippen molar-refractivity contribution in [2.75, 3.05) is 7.11 Å². The van der Waals surface area contributed by atoms with Crippen LogP contribution in [0, 0.1) is 0 Å². The topological polar surface area (TPSA) is 48.3 Å². The minimum Gasteiger partial charge on any atom is -0.464 e. The molecule has 16 heavy (non-hydrogen) atoms. The first-order chi connectivity index (χ1) is 7.72. The molecular weight excluding hydrogens is 206 g/mol. The van der Waals surface area contributed by atoms with Gasteiger partial charge in [0.15, 0.2) is 5.78 Å². The molecule has 0 N–H and O–H groups in total.